The van der Waals surface area contributed by atoms with E-state index in [1.807, 2.05) is 55.4 Å². The minimum atomic E-state index is -0.255. The SMILES string of the molecule is Cc1c2sc(C(C)(C)C)c(F)c2c(C)c2sc(C(C)(C)C)c(F)c12. The molecule has 24 heavy (non-hydrogen) atoms. The molecule has 0 N–H and O–H groups in total. The lowest BCUT2D eigenvalue weighted by Gasteiger charge is -2.16. The zero-order valence-electron chi connectivity index (χ0n) is 15.6. The molecule has 1 aromatic carbocycles. The molecule has 3 aromatic rings. The number of aryl methyl sites for hydroxylation is 2. The summed E-state index contributed by atoms with van der Waals surface area (Å²) >= 11 is 2.95. The maximum absolute atomic E-state index is 15.2. The second-order valence-electron chi connectivity index (χ2n) is 8.65. The highest BCUT2D eigenvalue weighted by molar-refractivity contribution is 7.21. The second-order valence-corrected chi connectivity index (χ2v) is 10.7. The zero-order valence-corrected chi connectivity index (χ0v) is 17.2. The van der Waals surface area contributed by atoms with Crippen LogP contribution in [0.15, 0.2) is 0 Å². The molecule has 4 heteroatoms. The average Bonchev–Trinajstić information content (AvgIpc) is 2.94. The van der Waals surface area contributed by atoms with E-state index in [1.165, 1.54) is 22.7 Å². The summed E-state index contributed by atoms with van der Waals surface area (Å²) in [4.78, 5) is 1.50. The molecule has 2 aromatic heterocycles. The summed E-state index contributed by atoms with van der Waals surface area (Å²) < 4.78 is 32.1. The van der Waals surface area contributed by atoms with Crippen LogP contribution < -0.4 is 0 Å². The predicted molar refractivity (Wildman–Crippen MR) is 104 cm³/mol. The van der Waals surface area contributed by atoms with Gasteiger partial charge in [-0.2, -0.15) is 0 Å². The lowest BCUT2D eigenvalue weighted by Crippen LogP contribution is -2.10. The van der Waals surface area contributed by atoms with E-state index in [4.69, 9.17) is 0 Å². The molecule has 0 saturated heterocycles. The van der Waals surface area contributed by atoms with E-state index in [1.54, 1.807) is 0 Å². The van der Waals surface area contributed by atoms with Crippen molar-refractivity contribution in [2.45, 2.75) is 66.2 Å². The maximum atomic E-state index is 15.2. The van der Waals surface area contributed by atoms with Gasteiger partial charge >= 0.3 is 0 Å². The van der Waals surface area contributed by atoms with Crippen molar-refractivity contribution in [1.82, 2.24) is 0 Å². The summed E-state index contributed by atoms with van der Waals surface area (Å²) in [6.45, 7) is 16.0. The monoisotopic (exact) mass is 366 g/mol. The highest BCUT2D eigenvalue weighted by Gasteiger charge is 2.30. The third kappa shape index (κ3) is 2.41. The van der Waals surface area contributed by atoms with E-state index in [9.17, 15) is 0 Å². The van der Waals surface area contributed by atoms with Crippen LogP contribution in [0.2, 0.25) is 0 Å². The van der Waals surface area contributed by atoms with E-state index in [2.05, 4.69) is 0 Å². The highest BCUT2D eigenvalue weighted by atomic mass is 32.1. The number of hydrogen-bond donors (Lipinski definition) is 0. The Labute approximate surface area is 150 Å². The molecule has 0 bridgehead atoms. The Morgan fingerprint density at radius 3 is 1.17 bits per heavy atom. The Kier molecular flexibility index (Phi) is 3.89. The van der Waals surface area contributed by atoms with Crippen molar-refractivity contribution in [1.29, 1.82) is 0 Å². The number of benzene rings is 1. The minimum Gasteiger partial charge on any atom is -0.205 e. The quantitative estimate of drug-likeness (QED) is 0.384. The third-order valence-electron chi connectivity index (χ3n) is 4.49. The first kappa shape index (κ1) is 17.8. The molecular formula is C20H24F2S2. The van der Waals surface area contributed by atoms with Crippen molar-refractivity contribution in [3.63, 3.8) is 0 Å². The largest absolute Gasteiger partial charge is 0.205 e. The Morgan fingerprint density at radius 1 is 0.625 bits per heavy atom. The second kappa shape index (κ2) is 5.25. The first-order valence-electron chi connectivity index (χ1n) is 8.19. The smallest absolute Gasteiger partial charge is 0.145 e. The van der Waals surface area contributed by atoms with Crippen LogP contribution in [0.25, 0.3) is 20.2 Å². The molecule has 0 saturated carbocycles. The summed E-state index contributed by atoms with van der Waals surface area (Å²) in [5.74, 6) is -0.257. The number of fused-ring (bicyclic) bond motifs is 2. The lowest BCUT2D eigenvalue weighted by atomic mass is 9.92. The third-order valence-corrected chi connectivity index (χ3v) is 7.91. The summed E-state index contributed by atoms with van der Waals surface area (Å²) in [5.41, 5.74) is 1.23. The molecular weight excluding hydrogens is 342 g/mol. The molecule has 3 rings (SSSR count). The first-order valence-corrected chi connectivity index (χ1v) is 9.83. The van der Waals surface area contributed by atoms with Gasteiger partial charge in [0.2, 0.25) is 0 Å². The Morgan fingerprint density at radius 2 is 0.917 bits per heavy atom. The molecule has 2 heterocycles. The first-order chi connectivity index (χ1) is 10.9. The molecule has 0 amide bonds. The van der Waals surface area contributed by atoms with Crippen molar-refractivity contribution in [3.8, 4) is 0 Å². The fraction of sp³-hybridized carbons (Fsp3) is 0.500. The molecule has 0 radical (unpaired) electrons. The van der Waals surface area contributed by atoms with Crippen molar-refractivity contribution >= 4 is 42.8 Å². The average molecular weight is 367 g/mol. The number of halogens is 2. The van der Waals surface area contributed by atoms with Crippen LogP contribution in [0.1, 0.15) is 62.4 Å². The van der Waals surface area contributed by atoms with E-state index >= 15 is 8.78 Å². The normalized spacial score (nSPS) is 13.4. The van der Waals surface area contributed by atoms with Crippen LogP contribution in [0, 0.1) is 25.5 Å². The molecule has 130 valence electrons. The molecule has 0 spiro atoms. The van der Waals surface area contributed by atoms with Gasteiger partial charge in [0, 0.05) is 29.9 Å². The van der Waals surface area contributed by atoms with Crippen molar-refractivity contribution in [3.05, 3.63) is 32.5 Å². The number of rotatable bonds is 0. The van der Waals surface area contributed by atoms with Gasteiger partial charge in [-0.3, -0.25) is 0 Å². The Balaban J connectivity index is 2.52. The van der Waals surface area contributed by atoms with Gasteiger partial charge in [-0.15, -0.1) is 22.7 Å². The van der Waals surface area contributed by atoms with Crippen LogP contribution >= 0.6 is 22.7 Å². The molecule has 0 atom stereocenters. The molecule has 0 aliphatic rings. The molecule has 0 unspecified atom stereocenters. The molecule has 0 nitrogen and oxygen atoms in total. The fourth-order valence-electron chi connectivity index (χ4n) is 3.21. The number of thiophene rings is 2. The van der Waals surface area contributed by atoms with Gasteiger partial charge in [0.15, 0.2) is 0 Å². The standard InChI is InChI=1S/C20H24F2S2/c1-9-11-13(21)17(19(3,4)5)24-16(11)10(2)12-14(22)18(20(6,7)8)23-15(9)12/h1-8H3. The van der Waals surface area contributed by atoms with Crippen LogP contribution in [0.5, 0.6) is 0 Å². The fourth-order valence-corrected chi connectivity index (χ4v) is 5.82. The van der Waals surface area contributed by atoms with Gasteiger partial charge in [-0.1, -0.05) is 41.5 Å². The van der Waals surface area contributed by atoms with Crippen molar-refractivity contribution < 1.29 is 8.78 Å². The van der Waals surface area contributed by atoms with Gasteiger partial charge in [0.25, 0.3) is 0 Å². The van der Waals surface area contributed by atoms with Gasteiger partial charge < -0.3 is 0 Å². The summed E-state index contributed by atoms with van der Waals surface area (Å²) in [6, 6.07) is 0. The van der Waals surface area contributed by atoms with E-state index in [0.717, 1.165) is 30.3 Å². The number of hydrogen-bond acceptors (Lipinski definition) is 2. The summed E-state index contributed by atoms with van der Waals surface area (Å²) in [7, 11) is 0. The van der Waals surface area contributed by atoms with E-state index in [0.29, 0.717) is 10.8 Å². The van der Waals surface area contributed by atoms with E-state index in [-0.39, 0.29) is 22.5 Å². The highest BCUT2D eigenvalue weighted by Crippen LogP contribution is 2.48. The molecule has 0 fully saturated rings. The van der Waals surface area contributed by atoms with Crippen LogP contribution in [0.4, 0.5) is 8.78 Å². The minimum absolute atomic E-state index is 0.129. The van der Waals surface area contributed by atoms with E-state index < -0.39 is 0 Å². The van der Waals surface area contributed by atoms with Gasteiger partial charge in [-0.25, -0.2) is 8.78 Å². The molecule has 0 aliphatic heterocycles. The predicted octanol–water partition coefficient (Wildman–Crippen LogP) is 7.61. The summed E-state index contributed by atoms with van der Waals surface area (Å²) in [5, 5.41) is 1.35. The van der Waals surface area contributed by atoms with Crippen LogP contribution in [0.3, 0.4) is 0 Å². The van der Waals surface area contributed by atoms with Crippen molar-refractivity contribution in [2.75, 3.05) is 0 Å². The summed E-state index contributed by atoms with van der Waals surface area (Å²) in [6.07, 6.45) is 0. The van der Waals surface area contributed by atoms with Gasteiger partial charge in [0.1, 0.15) is 11.6 Å². The topological polar surface area (TPSA) is 0 Å². The van der Waals surface area contributed by atoms with Gasteiger partial charge in [-0.05, 0) is 35.8 Å². The van der Waals surface area contributed by atoms with Gasteiger partial charge in [0.05, 0.1) is 0 Å². The Hall–Kier alpha value is -1.00. The van der Waals surface area contributed by atoms with Crippen LogP contribution in [-0.2, 0) is 10.8 Å². The van der Waals surface area contributed by atoms with Crippen LogP contribution in [-0.4, -0.2) is 0 Å². The molecule has 0 aliphatic carbocycles. The Bertz CT molecular complexity index is 880. The van der Waals surface area contributed by atoms with Crippen molar-refractivity contribution in [2.24, 2.45) is 0 Å². The lowest BCUT2D eigenvalue weighted by molar-refractivity contribution is 0.542. The zero-order chi connectivity index (χ0) is 18.2. The maximum Gasteiger partial charge on any atom is 0.145 e.